The third-order valence-corrected chi connectivity index (χ3v) is 6.60. The van der Waals surface area contributed by atoms with E-state index in [1.807, 2.05) is 17.0 Å². The van der Waals surface area contributed by atoms with Crippen molar-refractivity contribution in [1.82, 2.24) is 15.1 Å². The maximum Gasteiger partial charge on any atom is 0.307 e. The third kappa shape index (κ3) is 2.91. The number of hydrogen-bond acceptors (Lipinski definition) is 5. The van der Waals surface area contributed by atoms with Crippen molar-refractivity contribution in [3.8, 4) is 17.3 Å². The van der Waals surface area contributed by atoms with E-state index in [2.05, 4.69) is 16.3 Å². The van der Waals surface area contributed by atoms with Crippen LogP contribution in [-0.4, -0.2) is 39.1 Å². The fourth-order valence-corrected chi connectivity index (χ4v) is 5.07. The second kappa shape index (κ2) is 6.73. The molecule has 1 amide bonds. The molecule has 1 aliphatic carbocycles. The summed E-state index contributed by atoms with van der Waals surface area (Å²) in [5.74, 6) is -0.593. The molecule has 1 aromatic carbocycles. The van der Waals surface area contributed by atoms with E-state index in [-0.39, 0.29) is 24.2 Å². The van der Waals surface area contributed by atoms with Crippen LogP contribution in [-0.2, 0) is 27.3 Å². The number of esters is 1. The molecule has 1 N–H and O–H groups in total. The van der Waals surface area contributed by atoms with Crippen LogP contribution < -0.4 is 0 Å². The standard InChI is InChI=1S/C22H22N4O3/c23-12-14-3-5-15(6-4-14)20-16-13-26(10-7-18(16)24-25-20)21(28)17-11-19(27)29-22(17)8-1-2-9-22/h3-6,17H,1-2,7-11,13H2,(H,24,25). The van der Waals surface area contributed by atoms with Crippen LogP contribution in [0.1, 0.15) is 48.9 Å². The Hall–Kier alpha value is -3.14. The highest BCUT2D eigenvalue weighted by atomic mass is 16.6. The van der Waals surface area contributed by atoms with Gasteiger partial charge in [0, 0.05) is 36.3 Å². The fraction of sp³-hybridized carbons (Fsp3) is 0.455. The number of aromatic nitrogens is 2. The van der Waals surface area contributed by atoms with E-state index in [9.17, 15) is 9.59 Å². The van der Waals surface area contributed by atoms with Crippen LogP contribution in [0, 0.1) is 17.2 Å². The van der Waals surface area contributed by atoms with Crippen molar-refractivity contribution in [1.29, 1.82) is 5.26 Å². The summed E-state index contributed by atoms with van der Waals surface area (Å²) in [6, 6.07) is 9.43. The van der Waals surface area contributed by atoms with Crippen molar-refractivity contribution in [2.75, 3.05) is 6.54 Å². The number of ether oxygens (including phenoxy) is 1. The lowest BCUT2D eigenvalue weighted by molar-refractivity contribution is -0.152. The smallest absolute Gasteiger partial charge is 0.307 e. The molecule has 1 spiro atoms. The Morgan fingerprint density at radius 2 is 2.03 bits per heavy atom. The number of hydrogen-bond donors (Lipinski definition) is 1. The van der Waals surface area contributed by atoms with Crippen molar-refractivity contribution in [2.45, 2.75) is 50.7 Å². The van der Waals surface area contributed by atoms with E-state index in [1.54, 1.807) is 12.1 Å². The summed E-state index contributed by atoms with van der Waals surface area (Å²) in [6.07, 6.45) is 4.49. The first-order chi connectivity index (χ1) is 14.1. The largest absolute Gasteiger partial charge is 0.458 e. The minimum absolute atomic E-state index is 0.0235. The van der Waals surface area contributed by atoms with Crippen LogP contribution >= 0.6 is 0 Å². The van der Waals surface area contributed by atoms with Crippen LogP contribution in [0.2, 0.25) is 0 Å². The quantitative estimate of drug-likeness (QED) is 0.795. The van der Waals surface area contributed by atoms with E-state index < -0.39 is 5.60 Å². The molecule has 29 heavy (non-hydrogen) atoms. The van der Waals surface area contributed by atoms with Gasteiger partial charge < -0.3 is 9.64 Å². The zero-order chi connectivity index (χ0) is 20.0. The fourth-order valence-electron chi connectivity index (χ4n) is 5.07. The van der Waals surface area contributed by atoms with Crippen molar-refractivity contribution >= 4 is 11.9 Å². The number of benzene rings is 1. The summed E-state index contributed by atoms with van der Waals surface area (Å²) in [4.78, 5) is 27.3. The van der Waals surface area contributed by atoms with Gasteiger partial charge in [0.25, 0.3) is 0 Å². The zero-order valence-electron chi connectivity index (χ0n) is 16.1. The molecule has 3 aliphatic rings. The molecule has 1 unspecified atom stereocenters. The number of aromatic amines is 1. The first-order valence-corrected chi connectivity index (χ1v) is 10.2. The lowest BCUT2D eigenvalue weighted by Crippen LogP contribution is -2.46. The molecule has 1 aromatic heterocycles. The Kier molecular flexibility index (Phi) is 4.16. The maximum atomic E-state index is 13.4. The Morgan fingerprint density at radius 3 is 2.76 bits per heavy atom. The number of carbonyl (C=O) groups is 2. The van der Waals surface area contributed by atoms with Gasteiger partial charge >= 0.3 is 5.97 Å². The predicted octanol–water partition coefficient (Wildman–Crippen LogP) is 2.71. The van der Waals surface area contributed by atoms with Crippen LogP contribution in [0.15, 0.2) is 24.3 Å². The lowest BCUT2D eigenvalue weighted by Gasteiger charge is -2.34. The average Bonchev–Trinajstić information content (AvgIpc) is 3.46. The number of nitrogens with zero attached hydrogens (tertiary/aromatic N) is 3. The molecule has 2 aliphatic heterocycles. The second-order valence-corrected chi connectivity index (χ2v) is 8.23. The summed E-state index contributed by atoms with van der Waals surface area (Å²) in [5.41, 5.74) is 3.81. The van der Waals surface area contributed by atoms with Crippen LogP contribution in [0.4, 0.5) is 0 Å². The van der Waals surface area contributed by atoms with E-state index in [0.29, 0.717) is 25.1 Å². The van der Waals surface area contributed by atoms with Gasteiger partial charge in [-0.2, -0.15) is 10.4 Å². The molecule has 1 saturated heterocycles. The summed E-state index contributed by atoms with van der Waals surface area (Å²) >= 11 is 0. The first kappa shape index (κ1) is 17.9. The third-order valence-electron chi connectivity index (χ3n) is 6.60. The normalized spacial score (nSPS) is 22.4. The molecule has 7 nitrogen and oxygen atoms in total. The molecule has 1 saturated carbocycles. The summed E-state index contributed by atoms with van der Waals surface area (Å²) in [5, 5.41) is 16.6. The highest BCUT2D eigenvalue weighted by Gasteiger charge is 2.55. The van der Waals surface area contributed by atoms with E-state index in [4.69, 9.17) is 10.00 Å². The highest BCUT2D eigenvalue weighted by molar-refractivity contribution is 5.88. The van der Waals surface area contributed by atoms with Crippen molar-refractivity contribution in [2.24, 2.45) is 5.92 Å². The van der Waals surface area contributed by atoms with Gasteiger partial charge in [-0.05, 0) is 37.8 Å². The van der Waals surface area contributed by atoms with Crippen LogP contribution in [0.5, 0.6) is 0 Å². The second-order valence-electron chi connectivity index (χ2n) is 8.23. The van der Waals surface area contributed by atoms with Gasteiger partial charge in [-0.1, -0.05) is 12.1 Å². The molecule has 148 valence electrons. The molecule has 2 aromatic rings. The van der Waals surface area contributed by atoms with Gasteiger partial charge in [-0.25, -0.2) is 0 Å². The number of rotatable bonds is 2. The Bertz CT molecular complexity index is 1010. The molecule has 0 radical (unpaired) electrons. The molecule has 0 bridgehead atoms. The average molecular weight is 390 g/mol. The minimum atomic E-state index is -0.583. The number of fused-ring (bicyclic) bond motifs is 1. The Labute approximate surface area is 168 Å². The van der Waals surface area contributed by atoms with Gasteiger partial charge in [-0.15, -0.1) is 0 Å². The topological polar surface area (TPSA) is 99.1 Å². The van der Waals surface area contributed by atoms with E-state index in [1.165, 1.54) is 0 Å². The number of amides is 1. The predicted molar refractivity (Wildman–Crippen MR) is 103 cm³/mol. The summed E-state index contributed by atoms with van der Waals surface area (Å²) in [6.45, 7) is 1.09. The van der Waals surface area contributed by atoms with Crippen LogP contribution in [0.3, 0.4) is 0 Å². The summed E-state index contributed by atoms with van der Waals surface area (Å²) in [7, 11) is 0. The number of carbonyl (C=O) groups excluding carboxylic acids is 2. The van der Waals surface area contributed by atoms with Gasteiger partial charge in [0.05, 0.1) is 29.7 Å². The van der Waals surface area contributed by atoms with Gasteiger partial charge in [0.15, 0.2) is 0 Å². The molecular weight excluding hydrogens is 368 g/mol. The highest BCUT2D eigenvalue weighted by Crippen LogP contribution is 2.46. The van der Waals surface area contributed by atoms with Crippen molar-refractivity contribution < 1.29 is 14.3 Å². The summed E-state index contributed by atoms with van der Waals surface area (Å²) < 4.78 is 5.67. The minimum Gasteiger partial charge on any atom is -0.458 e. The molecule has 2 fully saturated rings. The number of nitrogens with one attached hydrogen (secondary N) is 1. The zero-order valence-corrected chi connectivity index (χ0v) is 16.1. The molecular formula is C22H22N4O3. The lowest BCUT2D eigenvalue weighted by atomic mass is 9.84. The SMILES string of the molecule is N#Cc1ccc(-c2n[nH]c3c2CN(C(=O)C2CC(=O)OC24CCCC4)CC3)cc1. The first-order valence-electron chi connectivity index (χ1n) is 10.2. The Balaban J connectivity index is 1.41. The number of nitriles is 1. The van der Waals surface area contributed by atoms with E-state index in [0.717, 1.165) is 48.2 Å². The van der Waals surface area contributed by atoms with Gasteiger partial charge in [0.1, 0.15) is 5.60 Å². The van der Waals surface area contributed by atoms with Crippen molar-refractivity contribution in [3.05, 3.63) is 41.1 Å². The molecule has 3 heterocycles. The monoisotopic (exact) mass is 390 g/mol. The van der Waals surface area contributed by atoms with Gasteiger partial charge in [0.2, 0.25) is 5.91 Å². The Morgan fingerprint density at radius 1 is 1.28 bits per heavy atom. The molecule has 1 atom stereocenters. The maximum absolute atomic E-state index is 13.4. The molecule has 5 rings (SSSR count). The van der Waals surface area contributed by atoms with E-state index >= 15 is 0 Å². The number of H-pyrrole nitrogens is 1. The van der Waals surface area contributed by atoms with Gasteiger partial charge in [-0.3, -0.25) is 14.7 Å². The van der Waals surface area contributed by atoms with Crippen molar-refractivity contribution in [3.63, 3.8) is 0 Å². The molecule has 7 heteroatoms. The van der Waals surface area contributed by atoms with Crippen LogP contribution in [0.25, 0.3) is 11.3 Å².